The molecule has 1 aromatic heterocycles. The number of benzene rings is 1. The summed E-state index contributed by atoms with van der Waals surface area (Å²) in [5, 5.41) is 17.9. The first-order valence-corrected chi connectivity index (χ1v) is 10.6. The summed E-state index contributed by atoms with van der Waals surface area (Å²) in [7, 11) is 0. The maximum Gasteiger partial charge on any atom is 0.191 e. The molecule has 0 aliphatic carbocycles. The Hall–Kier alpha value is -2.15. The van der Waals surface area contributed by atoms with Gasteiger partial charge in [-0.1, -0.05) is 23.7 Å². The van der Waals surface area contributed by atoms with Crippen LogP contribution in [0, 0.1) is 0 Å². The van der Waals surface area contributed by atoms with Crippen molar-refractivity contribution in [2.75, 3.05) is 26.2 Å². The maximum absolute atomic E-state index is 10.3. The third-order valence-corrected chi connectivity index (χ3v) is 5.36. The number of rotatable bonds is 7. The molecule has 7 heteroatoms. The number of pyridine rings is 1. The molecular weight excluding hydrogens is 386 g/mol. The Bertz CT molecular complexity index is 761. The van der Waals surface area contributed by atoms with Crippen LogP contribution in [0.5, 0.6) is 0 Å². The second kappa shape index (κ2) is 11.1. The molecule has 156 valence electrons. The monoisotopic (exact) mass is 415 g/mol. The molecule has 1 fully saturated rings. The number of aromatic nitrogens is 1. The fourth-order valence-electron chi connectivity index (χ4n) is 3.47. The molecule has 3 rings (SSSR count). The highest BCUT2D eigenvalue weighted by atomic mass is 35.5. The van der Waals surface area contributed by atoms with E-state index in [1.807, 2.05) is 31.2 Å². The standard InChI is InChI=1S/C22H30ClN5O/c1-2-25-22(26-15-21(29)18-7-11-24-12-8-18)27-20-9-13-28(14-10-20)16-17-3-5-19(23)6-4-17/h3-8,11-12,20-21,29H,2,9-10,13-16H2,1H3,(H2,25,26,27). The molecule has 0 radical (unpaired) electrons. The number of guanidine groups is 1. The average molecular weight is 416 g/mol. The second-order valence-corrected chi connectivity index (χ2v) is 7.77. The van der Waals surface area contributed by atoms with Gasteiger partial charge in [-0.3, -0.25) is 14.9 Å². The van der Waals surface area contributed by atoms with E-state index in [1.54, 1.807) is 12.4 Å². The Kier molecular flexibility index (Phi) is 8.28. The number of likely N-dealkylation sites (tertiary alicyclic amines) is 1. The van der Waals surface area contributed by atoms with E-state index >= 15 is 0 Å². The normalized spacial score (nSPS) is 17.1. The van der Waals surface area contributed by atoms with Gasteiger partial charge in [0.15, 0.2) is 5.96 Å². The molecule has 2 heterocycles. The van der Waals surface area contributed by atoms with E-state index in [0.717, 1.165) is 55.6 Å². The first-order valence-electron chi connectivity index (χ1n) is 10.2. The first kappa shape index (κ1) is 21.6. The molecule has 1 unspecified atom stereocenters. The maximum atomic E-state index is 10.3. The number of nitrogens with one attached hydrogen (secondary N) is 2. The van der Waals surface area contributed by atoms with Gasteiger partial charge in [-0.05, 0) is 55.2 Å². The van der Waals surface area contributed by atoms with Crippen molar-refractivity contribution in [2.45, 2.75) is 38.5 Å². The Morgan fingerprint density at radius 2 is 1.90 bits per heavy atom. The highest BCUT2D eigenvalue weighted by Crippen LogP contribution is 2.16. The SMILES string of the molecule is CCNC(=NCC(O)c1ccncc1)NC1CCN(Cc2ccc(Cl)cc2)CC1. The van der Waals surface area contributed by atoms with Gasteiger partial charge in [0.05, 0.1) is 12.6 Å². The van der Waals surface area contributed by atoms with Crippen LogP contribution in [0.1, 0.15) is 37.0 Å². The Labute approximate surface area is 178 Å². The third kappa shape index (κ3) is 6.99. The van der Waals surface area contributed by atoms with Crippen molar-refractivity contribution in [1.82, 2.24) is 20.5 Å². The van der Waals surface area contributed by atoms with Crippen molar-refractivity contribution >= 4 is 17.6 Å². The van der Waals surface area contributed by atoms with Gasteiger partial charge in [-0.25, -0.2) is 0 Å². The van der Waals surface area contributed by atoms with E-state index in [0.29, 0.717) is 12.6 Å². The highest BCUT2D eigenvalue weighted by molar-refractivity contribution is 6.30. The molecule has 0 bridgehead atoms. The Morgan fingerprint density at radius 3 is 2.55 bits per heavy atom. The lowest BCUT2D eigenvalue weighted by Crippen LogP contribution is -2.48. The molecule has 1 aliphatic rings. The summed E-state index contributed by atoms with van der Waals surface area (Å²) in [6, 6.07) is 12.1. The molecule has 29 heavy (non-hydrogen) atoms. The van der Waals surface area contributed by atoms with E-state index in [2.05, 4.69) is 37.6 Å². The lowest BCUT2D eigenvalue weighted by atomic mass is 10.0. The smallest absolute Gasteiger partial charge is 0.191 e. The lowest BCUT2D eigenvalue weighted by molar-refractivity contribution is 0.186. The van der Waals surface area contributed by atoms with Gasteiger partial charge in [0.25, 0.3) is 0 Å². The molecule has 6 nitrogen and oxygen atoms in total. The zero-order valence-corrected chi connectivity index (χ0v) is 17.6. The van der Waals surface area contributed by atoms with Gasteiger partial charge in [-0.2, -0.15) is 0 Å². The summed E-state index contributed by atoms with van der Waals surface area (Å²) < 4.78 is 0. The summed E-state index contributed by atoms with van der Waals surface area (Å²) in [5.74, 6) is 0.761. The minimum atomic E-state index is -0.630. The molecular formula is C22H30ClN5O. The number of aliphatic hydroxyl groups is 1. The van der Waals surface area contributed by atoms with Crippen LogP contribution in [0.25, 0.3) is 0 Å². The van der Waals surface area contributed by atoms with E-state index in [9.17, 15) is 5.11 Å². The highest BCUT2D eigenvalue weighted by Gasteiger charge is 2.20. The number of hydrogen-bond donors (Lipinski definition) is 3. The van der Waals surface area contributed by atoms with Crippen LogP contribution in [0.3, 0.4) is 0 Å². The number of piperidine rings is 1. The molecule has 1 atom stereocenters. The molecule has 1 saturated heterocycles. The number of hydrogen-bond acceptors (Lipinski definition) is 4. The van der Waals surface area contributed by atoms with E-state index in [4.69, 9.17) is 11.6 Å². The van der Waals surface area contributed by atoms with Crippen LogP contribution in [0.2, 0.25) is 5.02 Å². The van der Waals surface area contributed by atoms with Gasteiger partial charge in [0.2, 0.25) is 0 Å². The Balaban J connectivity index is 1.47. The van der Waals surface area contributed by atoms with Crippen LogP contribution in [0.4, 0.5) is 0 Å². The molecule has 0 saturated carbocycles. The Morgan fingerprint density at radius 1 is 1.21 bits per heavy atom. The van der Waals surface area contributed by atoms with E-state index in [-0.39, 0.29) is 0 Å². The zero-order chi connectivity index (χ0) is 20.5. The molecule has 1 aliphatic heterocycles. The average Bonchev–Trinajstić information content (AvgIpc) is 2.75. The van der Waals surface area contributed by atoms with Crippen LogP contribution in [-0.4, -0.2) is 53.2 Å². The minimum absolute atomic E-state index is 0.314. The van der Waals surface area contributed by atoms with Gasteiger partial charge in [-0.15, -0.1) is 0 Å². The van der Waals surface area contributed by atoms with Crippen molar-refractivity contribution in [3.8, 4) is 0 Å². The summed E-state index contributed by atoms with van der Waals surface area (Å²) in [4.78, 5) is 11.0. The molecule has 1 aromatic carbocycles. The summed E-state index contributed by atoms with van der Waals surface area (Å²) in [6.07, 6.45) is 4.86. The van der Waals surface area contributed by atoms with Crippen LogP contribution in [-0.2, 0) is 6.54 Å². The van der Waals surface area contributed by atoms with Crippen LogP contribution >= 0.6 is 11.6 Å². The van der Waals surface area contributed by atoms with Crippen molar-refractivity contribution in [3.63, 3.8) is 0 Å². The van der Waals surface area contributed by atoms with Crippen LogP contribution in [0.15, 0.2) is 53.8 Å². The van der Waals surface area contributed by atoms with Gasteiger partial charge < -0.3 is 15.7 Å². The molecule has 0 amide bonds. The predicted octanol–water partition coefficient (Wildman–Crippen LogP) is 2.99. The fourth-order valence-corrected chi connectivity index (χ4v) is 3.59. The molecule has 0 spiro atoms. The summed E-state index contributed by atoms with van der Waals surface area (Å²) in [5.41, 5.74) is 2.12. The lowest BCUT2D eigenvalue weighted by Gasteiger charge is -2.33. The zero-order valence-electron chi connectivity index (χ0n) is 16.9. The summed E-state index contributed by atoms with van der Waals surface area (Å²) >= 11 is 5.97. The second-order valence-electron chi connectivity index (χ2n) is 7.34. The number of aliphatic imine (C=N–C) groups is 1. The van der Waals surface area contributed by atoms with Gasteiger partial charge >= 0.3 is 0 Å². The summed E-state index contributed by atoms with van der Waals surface area (Å²) in [6.45, 7) is 6.18. The van der Waals surface area contributed by atoms with Crippen molar-refractivity contribution in [3.05, 3.63) is 64.9 Å². The van der Waals surface area contributed by atoms with Gasteiger partial charge in [0.1, 0.15) is 0 Å². The van der Waals surface area contributed by atoms with Crippen molar-refractivity contribution in [2.24, 2.45) is 4.99 Å². The van der Waals surface area contributed by atoms with Crippen molar-refractivity contribution in [1.29, 1.82) is 0 Å². The fraction of sp³-hybridized carbons (Fsp3) is 0.455. The van der Waals surface area contributed by atoms with Crippen molar-refractivity contribution < 1.29 is 5.11 Å². The predicted molar refractivity (Wildman–Crippen MR) is 118 cm³/mol. The molecule has 2 aromatic rings. The first-order chi connectivity index (χ1) is 14.1. The van der Waals surface area contributed by atoms with E-state index in [1.165, 1.54) is 5.56 Å². The number of aliphatic hydroxyl groups excluding tert-OH is 1. The largest absolute Gasteiger partial charge is 0.386 e. The molecule has 3 N–H and O–H groups in total. The minimum Gasteiger partial charge on any atom is -0.386 e. The van der Waals surface area contributed by atoms with E-state index < -0.39 is 6.10 Å². The number of halogens is 1. The third-order valence-electron chi connectivity index (χ3n) is 5.11. The van der Waals surface area contributed by atoms with Gasteiger partial charge in [0, 0.05) is 49.6 Å². The number of nitrogens with zero attached hydrogens (tertiary/aromatic N) is 3. The quantitative estimate of drug-likeness (QED) is 0.479. The van der Waals surface area contributed by atoms with Crippen LogP contribution < -0.4 is 10.6 Å². The topological polar surface area (TPSA) is 72.8 Å².